The Hall–Kier alpha value is -3.13. The molecule has 1 unspecified atom stereocenters. The van der Waals surface area contributed by atoms with E-state index in [2.05, 4.69) is 0 Å². The molecule has 170 valence electrons. The average Bonchev–Trinajstić information content (AvgIpc) is 3.06. The number of rotatable bonds is 8. The van der Waals surface area contributed by atoms with Gasteiger partial charge in [-0.05, 0) is 57.0 Å². The molecule has 0 N–H and O–H groups in total. The maximum atomic E-state index is 12.4. The van der Waals surface area contributed by atoms with Crippen molar-refractivity contribution in [3.63, 3.8) is 0 Å². The Morgan fingerprint density at radius 3 is 2.38 bits per heavy atom. The van der Waals surface area contributed by atoms with E-state index >= 15 is 0 Å². The van der Waals surface area contributed by atoms with Crippen LogP contribution in [0.25, 0.3) is 10.2 Å². The van der Waals surface area contributed by atoms with E-state index in [4.69, 9.17) is 14.2 Å². The van der Waals surface area contributed by atoms with Crippen molar-refractivity contribution in [2.24, 2.45) is 5.92 Å². The second-order valence-corrected chi connectivity index (χ2v) is 9.29. The number of carbonyl (C=O) groups excluding carboxylic acids is 2. The smallest absolute Gasteiger partial charge is 0.321 e. The van der Waals surface area contributed by atoms with Crippen molar-refractivity contribution in [2.75, 3.05) is 13.7 Å². The first-order chi connectivity index (χ1) is 15.2. The predicted octanol–water partition coefficient (Wildman–Crippen LogP) is 3.82. The second kappa shape index (κ2) is 9.99. The molecule has 3 rings (SSSR count). The van der Waals surface area contributed by atoms with Gasteiger partial charge in [-0.1, -0.05) is 35.6 Å². The lowest BCUT2D eigenvalue weighted by atomic mass is 9.99. The molecule has 0 radical (unpaired) electrons. The summed E-state index contributed by atoms with van der Waals surface area (Å²) in [6.07, 6.45) is 0.165. The number of benzene rings is 2. The second-order valence-electron chi connectivity index (χ2n) is 8.29. The Bertz CT molecular complexity index is 1140. The summed E-state index contributed by atoms with van der Waals surface area (Å²) < 4.78 is 18.6. The normalized spacial score (nSPS) is 12.4. The highest BCUT2D eigenvalue weighted by Crippen LogP contribution is 2.20. The summed E-state index contributed by atoms with van der Waals surface area (Å²) in [5.74, 6) is -1.65. The van der Waals surface area contributed by atoms with Crippen LogP contribution in [-0.4, -0.2) is 35.8 Å². The van der Waals surface area contributed by atoms with Gasteiger partial charge >= 0.3 is 16.8 Å². The molecule has 0 fully saturated rings. The number of hydrogen-bond acceptors (Lipinski definition) is 7. The quantitative estimate of drug-likeness (QED) is 0.378. The van der Waals surface area contributed by atoms with Gasteiger partial charge in [-0.25, -0.2) is 0 Å². The molecule has 8 heteroatoms. The number of nitrogens with zero attached hydrogens (tertiary/aromatic N) is 1. The molecule has 1 aromatic heterocycles. The number of thiazole rings is 1. The Kier molecular flexibility index (Phi) is 7.35. The van der Waals surface area contributed by atoms with Gasteiger partial charge in [-0.3, -0.25) is 19.0 Å². The van der Waals surface area contributed by atoms with Crippen molar-refractivity contribution >= 4 is 33.5 Å². The number of para-hydroxylation sites is 1. The molecular weight excluding hydrogens is 430 g/mol. The molecule has 2 aromatic carbocycles. The fourth-order valence-corrected chi connectivity index (χ4v) is 4.13. The fraction of sp³-hybridized carbons (Fsp3) is 0.375. The van der Waals surface area contributed by atoms with Gasteiger partial charge < -0.3 is 14.2 Å². The van der Waals surface area contributed by atoms with Crippen LogP contribution in [-0.2, 0) is 32.0 Å². The van der Waals surface area contributed by atoms with Crippen LogP contribution in [0.5, 0.6) is 5.75 Å². The standard InChI is InChI=1S/C24H27NO6S/c1-24(2,3)31-22(27)18(21(26)29-4)15-16-9-11-17(12-10-16)30-14-13-25-19-7-5-6-8-20(19)32-23(25)28/h5-12,18H,13-15H2,1-4H3. The summed E-state index contributed by atoms with van der Waals surface area (Å²) in [4.78, 5) is 36.7. The third-order valence-electron chi connectivity index (χ3n) is 4.70. The summed E-state index contributed by atoms with van der Waals surface area (Å²) >= 11 is 1.22. The molecule has 7 nitrogen and oxygen atoms in total. The molecule has 0 aliphatic heterocycles. The van der Waals surface area contributed by atoms with Crippen molar-refractivity contribution in [1.82, 2.24) is 4.57 Å². The summed E-state index contributed by atoms with van der Waals surface area (Å²) in [7, 11) is 1.25. The summed E-state index contributed by atoms with van der Waals surface area (Å²) in [6, 6.07) is 14.8. The zero-order valence-corrected chi connectivity index (χ0v) is 19.4. The van der Waals surface area contributed by atoms with Crippen molar-refractivity contribution in [3.8, 4) is 5.75 Å². The molecule has 32 heavy (non-hydrogen) atoms. The van der Waals surface area contributed by atoms with Gasteiger partial charge in [-0.2, -0.15) is 0 Å². The molecule has 1 atom stereocenters. The number of ether oxygens (including phenoxy) is 3. The zero-order valence-electron chi connectivity index (χ0n) is 18.6. The number of hydrogen-bond donors (Lipinski definition) is 0. The van der Waals surface area contributed by atoms with Crippen molar-refractivity contribution in [3.05, 3.63) is 63.8 Å². The Labute approximate surface area is 190 Å². The first-order valence-corrected chi connectivity index (χ1v) is 11.1. The molecule has 0 saturated heterocycles. The van der Waals surface area contributed by atoms with Crippen LogP contribution in [0.15, 0.2) is 53.3 Å². The summed E-state index contributed by atoms with van der Waals surface area (Å²) in [6.45, 7) is 6.02. The van der Waals surface area contributed by atoms with E-state index in [-0.39, 0.29) is 11.3 Å². The number of methoxy groups -OCH3 is 1. The van der Waals surface area contributed by atoms with Crippen LogP contribution in [0, 0.1) is 5.92 Å². The maximum absolute atomic E-state index is 12.4. The van der Waals surface area contributed by atoms with Gasteiger partial charge in [0.05, 0.1) is 23.9 Å². The fourth-order valence-electron chi connectivity index (χ4n) is 3.22. The number of fused-ring (bicyclic) bond motifs is 1. The molecular formula is C24H27NO6S. The summed E-state index contributed by atoms with van der Waals surface area (Å²) in [5, 5.41) is 0. The minimum absolute atomic E-state index is 0.0128. The van der Waals surface area contributed by atoms with Crippen molar-refractivity contribution < 1.29 is 23.8 Å². The highest BCUT2D eigenvalue weighted by molar-refractivity contribution is 7.16. The SMILES string of the molecule is COC(=O)C(Cc1ccc(OCCn2c(=O)sc3ccccc32)cc1)C(=O)OC(C)(C)C. The lowest BCUT2D eigenvalue weighted by Crippen LogP contribution is -2.34. The maximum Gasteiger partial charge on any atom is 0.321 e. The molecule has 0 spiro atoms. The van der Waals surface area contributed by atoms with E-state index in [1.165, 1.54) is 18.4 Å². The van der Waals surface area contributed by atoms with Gasteiger partial charge in [0, 0.05) is 0 Å². The number of carbonyl (C=O) groups is 2. The zero-order chi connectivity index (χ0) is 23.3. The summed E-state index contributed by atoms with van der Waals surface area (Å²) in [5.41, 5.74) is 0.979. The van der Waals surface area contributed by atoms with E-state index in [9.17, 15) is 14.4 Å². The Balaban J connectivity index is 1.61. The Morgan fingerprint density at radius 2 is 1.72 bits per heavy atom. The van der Waals surface area contributed by atoms with E-state index in [0.717, 1.165) is 15.8 Å². The third kappa shape index (κ3) is 5.97. The van der Waals surface area contributed by atoms with Gasteiger partial charge in [0.2, 0.25) is 0 Å². The topological polar surface area (TPSA) is 83.8 Å². The first-order valence-electron chi connectivity index (χ1n) is 10.3. The molecule has 3 aromatic rings. The molecule has 0 saturated carbocycles. The highest BCUT2D eigenvalue weighted by Gasteiger charge is 2.32. The number of esters is 2. The lowest BCUT2D eigenvalue weighted by Gasteiger charge is -2.23. The molecule has 0 bridgehead atoms. The van der Waals surface area contributed by atoms with Gasteiger partial charge in [0.1, 0.15) is 18.0 Å². The van der Waals surface area contributed by atoms with Crippen LogP contribution in [0.2, 0.25) is 0 Å². The molecule has 0 amide bonds. The minimum atomic E-state index is -1.04. The number of aromatic nitrogens is 1. The molecule has 0 aliphatic carbocycles. The van der Waals surface area contributed by atoms with E-state index in [1.807, 2.05) is 24.3 Å². The van der Waals surface area contributed by atoms with Crippen molar-refractivity contribution in [1.29, 1.82) is 0 Å². The molecule has 1 heterocycles. The van der Waals surface area contributed by atoms with E-state index in [0.29, 0.717) is 18.9 Å². The van der Waals surface area contributed by atoms with Crippen LogP contribution in [0.1, 0.15) is 26.3 Å². The van der Waals surface area contributed by atoms with Gasteiger partial charge in [-0.15, -0.1) is 0 Å². The van der Waals surface area contributed by atoms with Crippen LogP contribution < -0.4 is 9.61 Å². The highest BCUT2D eigenvalue weighted by atomic mass is 32.1. The van der Waals surface area contributed by atoms with Crippen LogP contribution in [0.3, 0.4) is 0 Å². The van der Waals surface area contributed by atoms with Gasteiger partial charge in [0.15, 0.2) is 5.92 Å². The third-order valence-corrected chi connectivity index (χ3v) is 5.66. The van der Waals surface area contributed by atoms with E-state index in [1.54, 1.807) is 49.6 Å². The lowest BCUT2D eigenvalue weighted by molar-refractivity contribution is -0.168. The van der Waals surface area contributed by atoms with Crippen LogP contribution >= 0.6 is 11.3 Å². The first kappa shape index (κ1) is 23.5. The van der Waals surface area contributed by atoms with Crippen LogP contribution in [0.4, 0.5) is 0 Å². The van der Waals surface area contributed by atoms with Gasteiger partial charge in [0.25, 0.3) is 0 Å². The Morgan fingerprint density at radius 1 is 1.03 bits per heavy atom. The van der Waals surface area contributed by atoms with E-state index < -0.39 is 23.5 Å². The molecule has 0 aliphatic rings. The predicted molar refractivity (Wildman–Crippen MR) is 123 cm³/mol. The largest absolute Gasteiger partial charge is 0.492 e. The average molecular weight is 458 g/mol. The minimum Gasteiger partial charge on any atom is -0.492 e. The van der Waals surface area contributed by atoms with Crippen molar-refractivity contribution in [2.45, 2.75) is 39.3 Å². The monoisotopic (exact) mass is 457 g/mol.